The Morgan fingerprint density at radius 3 is 2.46 bits per heavy atom. The van der Waals surface area contributed by atoms with E-state index in [9.17, 15) is 4.79 Å². The molecule has 4 rings (SSSR count). The molecule has 1 aliphatic heterocycles. The summed E-state index contributed by atoms with van der Waals surface area (Å²) >= 11 is 0. The molecule has 1 N–H and O–H groups in total. The number of carbonyl (C=O) groups excluding carboxylic acids is 1. The van der Waals surface area contributed by atoms with E-state index in [1.54, 1.807) is 0 Å². The van der Waals surface area contributed by atoms with Gasteiger partial charge in [-0.15, -0.1) is 0 Å². The van der Waals surface area contributed by atoms with Gasteiger partial charge in [0.15, 0.2) is 0 Å². The Kier molecular flexibility index (Phi) is 8.05. The van der Waals surface area contributed by atoms with Crippen molar-refractivity contribution in [3.63, 3.8) is 0 Å². The number of rotatable bonds is 8. The summed E-state index contributed by atoms with van der Waals surface area (Å²) in [6.07, 6.45) is 8.65. The second kappa shape index (κ2) is 10.9. The predicted octanol–water partition coefficient (Wildman–Crippen LogP) is 6.45. The van der Waals surface area contributed by atoms with E-state index in [0.29, 0.717) is 25.0 Å². The SMILES string of the molecule is Cc1c(C(=O)NC2COC2)cc(-c2cc(CCC(C)C)nc(C(C)(C)C)c2)n1CC1CCCCC1. The maximum atomic E-state index is 13.2. The fourth-order valence-corrected chi connectivity index (χ4v) is 5.24. The molecule has 2 aliphatic rings. The van der Waals surface area contributed by atoms with Crippen molar-refractivity contribution < 1.29 is 9.53 Å². The van der Waals surface area contributed by atoms with Gasteiger partial charge in [-0.2, -0.15) is 0 Å². The molecule has 1 saturated heterocycles. The molecular weight excluding hydrogens is 434 g/mol. The normalized spacial score (nSPS) is 17.6. The molecule has 0 aromatic carbocycles. The molecule has 0 bridgehead atoms. The van der Waals surface area contributed by atoms with Gasteiger partial charge >= 0.3 is 0 Å². The lowest BCUT2D eigenvalue weighted by Gasteiger charge is -2.27. The first kappa shape index (κ1) is 25.9. The summed E-state index contributed by atoms with van der Waals surface area (Å²) in [5.41, 5.74) is 6.44. The van der Waals surface area contributed by atoms with Crippen LogP contribution in [-0.2, 0) is 23.1 Å². The van der Waals surface area contributed by atoms with E-state index < -0.39 is 0 Å². The highest BCUT2D eigenvalue weighted by atomic mass is 16.5. The highest BCUT2D eigenvalue weighted by molar-refractivity contribution is 5.97. The minimum Gasteiger partial charge on any atom is -0.377 e. The molecular formula is C30H45N3O2. The zero-order chi connectivity index (χ0) is 25.2. The van der Waals surface area contributed by atoms with E-state index in [1.807, 2.05) is 0 Å². The number of hydrogen-bond donors (Lipinski definition) is 1. The first-order valence-corrected chi connectivity index (χ1v) is 13.7. The largest absolute Gasteiger partial charge is 0.377 e. The van der Waals surface area contributed by atoms with Crippen molar-refractivity contribution in [2.24, 2.45) is 11.8 Å². The number of ether oxygens (including phenoxy) is 1. The molecule has 0 spiro atoms. The maximum absolute atomic E-state index is 13.2. The average molecular weight is 480 g/mol. The van der Waals surface area contributed by atoms with Gasteiger partial charge in [-0.05, 0) is 62.6 Å². The molecule has 2 fully saturated rings. The van der Waals surface area contributed by atoms with Crippen molar-refractivity contribution in [2.45, 2.75) is 104 Å². The lowest BCUT2D eigenvalue weighted by atomic mass is 9.88. The zero-order valence-corrected chi connectivity index (χ0v) is 22.7. The van der Waals surface area contributed by atoms with Gasteiger partial charge in [-0.1, -0.05) is 53.9 Å². The number of aryl methyl sites for hydroxylation is 1. The summed E-state index contributed by atoms with van der Waals surface area (Å²) in [7, 11) is 0. The van der Waals surface area contributed by atoms with E-state index in [4.69, 9.17) is 9.72 Å². The Bertz CT molecular complexity index is 1020. The highest BCUT2D eigenvalue weighted by Gasteiger charge is 2.27. The summed E-state index contributed by atoms with van der Waals surface area (Å²) in [6, 6.07) is 6.78. The molecule has 5 heteroatoms. The topological polar surface area (TPSA) is 56.1 Å². The van der Waals surface area contributed by atoms with Crippen LogP contribution in [0.5, 0.6) is 0 Å². The van der Waals surface area contributed by atoms with Gasteiger partial charge in [0.25, 0.3) is 5.91 Å². The molecule has 3 heterocycles. The molecule has 0 radical (unpaired) electrons. The summed E-state index contributed by atoms with van der Waals surface area (Å²) in [5.74, 6) is 1.33. The van der Waals surface area contributed by atoms with E-state index in [1.165, 1.54) is 37.7 Å². The van der Waals surface area contributed by atoms with Crippen molar-refractivity contribution >= 4 is 5.91 Å². The maximum Gasteiger partial charge on any atom is 0.253 e. The van der Waals surface area contributed by atoms with E-state index >= 15 is 0 Å². The van der Waals surface area contributed by atoms with Gasteiger partial charge in [-0.25, -0.2) is 0 Å². The van der Waals surface area contributed by atoms with Crippen LogP contribution >= 0.6 is 0 Å². The Hall–Kier alpha value is -2.14. The van der Waals surface area contributed by atoms with E-state index in [2.05, 4.69) is 69.6 Å². The number of hydrogen-bond acceptors (Lipinski definition) is 3. The minimum atomic E-state index is -0.0388. The Morgan fingerprint density at radius 1 is 1.14 bits per heavy atom. The number of nitrogens with zero attached hydrogens (tertiary/aromatic N) is 2. The molecule has 1 aliphatic carbocycles. The number of aromatic nitrogens is 2. The third-order valence-electron chi connectivity index (χ3n) is 7.67. The highest BCUT2D eigenvalue weighted by Crippen LogP contribution is 2.34. The molecule has 1 saturated carbocycles. The fourth-order valence-electron chi connectivity index (χ4n) is 5.24. The Morgan fingerprint density at radius 2 is 1.86 bits per heavy atom. The van der Waals surface area contributed by atoms with Gasteiger partial charge in [-0.3, -0.25) is 9.78 Å². The standard InChI is InChI=1S/C30H45N3O2/c1-20(2)12-13-24-14-23(15-28(31-24)30(4,5)6)27-16-26(29(34)32-25-18-35-19-25)21(3)33(27)17-22-10-8-7-9-11-22/h14-16,20,22,25H,7-13,17-19H2,1-6H3,(H,32,34). The molecule has 5 nitrogen and oxygen atoms in total. The lowest BCUT2D eigenvalue weighted by Crippen LogP contribution is -2.48. The van der Waals surface area contributed by atoms with Crippen LogP contribution in [0, 0.1) is 18.8 Å². The monoisotopic (exact) mass is 479 g/mol. The Labute approximate surface area is 212 Å². The quantitative estimate of drug-likeness (QED) is 0.473. The average Bonchev–Trinajstić information content (AvgIpc) is 3.11. The summed E-state index contributed by atoms with van der Waals surface area (Å²) < 4.78 is 7.70. The molecule has 192 valence electrons. The van der Waals surface area contributed by atoms with Crippen LogP contribution in [0.25, 0.3) is 11.3 Å². The van der Waals surface area contributed by atoms with Crippen LogP contribution < -0.4 is 5.32 Å². The second-order valence-corrected chi connectivity index (χ2v) is 12.3. The van der Waals surface area contributed by atoms with Crippen LogP contribution in [-0.4, -0.2) is 34.7 Å². The van der Waals surface area contributed by atoms with E-state index in [0.717, 1.165) is 47.7 Å². The van der Waals surface area contributed by atoms with Crippen LogP contribution in [0.15, 0.2) is 18.2 Å². The number of pyridine rings is 1. The van der Waals surface area contributed by atoms with Crippen LogP contribution in [0.1, 0.15) is 101 Å². The summed E-state index contributed by atoms with van der Waals surface area (Å²) in [4.78, 5) is 18.3. The summed E-state index contributed by atoms with van der Waals surface area (Å²) in [6.45, 7) is 15.6. The molecule has 0 unspecified atom stereocenters. The fraction of sp³-hybridized carbons (Fsp3) is 0.667. The number of carbonyl (C=O) groups is 1. The number of amides is 1. The minimum absolute atomic E-state index is 0.0181. The smallest absolute Gasteiger partial charge is 0.253 e. The molecule has 2 aromatic rings. The molecule has 2 aromatic heterocycles. The van der Waals surface area contributed by atoms with Gasteiger partial charge < -0.3 is 14.6 Å². The third kappa shape index (κ3) is 6.35. The Balaban J connectivity index is 1.76. The van der Waals surface area contributed by atoms with Gasteiger partial charge in [0.1, 0.15) is 0 Å². The first-order chi connectivity index (χ1) is 16.6. The third-order valence-corrected chi connectivity index (χ3v) is 7.67. The molecule has 1 amide bonds. The zero-order valence-electron chi connectivity index (χ0n) is 22.7. The van der Waals surface area contributed by atoms with Crippen molar-refractivity contribution in [3.8, 4) is 11.3 Å². The van der Waals surface area contributed by atoms with Crippen LogP contribution in [0.4, 0.5) is 0 Å². The second-order valence-electron chi connectivity index (χ2n) is 12.3. The summed E-state index contributed by atoms with van der Waals surface area (Å²) in [5, 5.41) is 3.16. The van der Waals surface area contributed by atoms with Crippen molar-refractivity contribution in [1.82, 2.24) is 14.9 Å². The van der Waals surface area contributed by atoms with Crippen LogP contribution in [0.3, 0.4) is 0 Å². The van der Waals surface area contributed by atoms with Crippen molar-refractivity contribution in [2.75, 3.05) is 13.2 Å². The van der Waals surface area contributed by atoms with E-state index in [-0.39, 0.29) is 17.4 Å². The van der Waals surface area contributed by atoms with Crippen molar-refractivity contribution in [3.05, 3.63) is 40.8 Å². The van der Waals surface area contributed by atoms with Crippen LogP contribution in [0.2, 0.25) is 0 Å². The predicted molar refractivity (Wildman–Crippen MR) is 143 cm³/mol. The lowest BCUT2D eigenvalue weighted by molar-refractivity contribution is -0.00347. The van der Waals surface area contributed by atoms with Gasteiger partial charge in [0, 0.05) is 40.3 Å². The molecule has 0 atom stereocenters. The van der Waals surface area contributed by atoms with Gasteiger partial charge in [0.05, 0.1) is 24.8 Å². The van der Waals surface area contributed by atoms with Crippen molar-refractivity contribution in [1.29, 1.82) is 0 Å². The number of nitrogens with one attached hydrogen (secondary N) is 1. The van der Waals surface area contributed by atoms with Gasteiger partial charge in [0.2, 0.25) is 0 Å². The first-order valence-electron chi connectivity index (χ1n) is 13.7. The molecule has 35 heavy (non-hydrogen) atoms.